The van der Waals surface area contributed by atoms with Crippen molar-refractivity contribution in [1.82, 2.24) is 5.32 Å². The Morgan fingerprint density at radius 3 is 2.50 bits per heavy atom. The van der Waals surface area contributed by atoms with Crippen molar-refractivity contribution in [3.8, 4) is 0 Å². The highest BCUT2D eigenvalue weighted by Gasteiger charge is 2.07. The number of guanidine groups is 1. The minimum Gasteiger partial charge on any atom is -0.391 e. The van der Waals surface area contributed by atoms with Gasteiger partial charge in [-0.3, -0.25) is 4.99 Å². The number of aliphatic hydroxyl groups excluding tert-OH is 1. The van der Waals surface area contributed by atoms with Gasteiger partial charge in [-0.15, -0.1) is 0 Å². The second-order valence-electron chi connectivity index (χ2n) is 6.44. The van der Waals surface area contributed by atoms with Gasteiger partial charge in [0.15, 0.2) is 5.96 Å². The van der Waals surface area contributed by atoms with E-state index in [0.717, 1.165) is 17.9 Å². The molecule has 2 unspecified atom stereocenters. The first-order valence-corrected chi connectivity index (χ1v) is 8.25. The van der Waals surface area contributed by atoms with Crippen LogP contribution in [-0.2, 0) is 6.42 Å². The lowest BCUT2D eigenvalue weighted by Crippen LogP contribution is -2.39. The lowest BCUT2D eigenvalue weighted by atomic mass is 10.0. The molecule has 0 aliphatic rings. The Labute approximate surface area is 134 Å². The van der Waals surface area contributed by atoms with Crippen LogP contribution in [0.15, 0.2) is 35.3 Å². The third-order valence-corrected chi connectivity index (χ3v) is 3.60. The quantitative estimate of drug-likeness (QED) is 0.485. The summed E-state index contributed by atoms with van der Waals surface area (Å²) in [5.74, 6) is 1.16. The molecule has 1 rings (SSSR count). The Morgan fingerprint density at radius 1 is 1.18 bits per heavy atom. The largest absolute Gasteiger partial charge is 0.391 e. The van der Waals surface area contributed by atoms with Crippen LogP contribution in [0, 0.1) is 5.92 Å². The van der Waals surface area contributed by atoms with Crippen LogP contribution in [0.5, 0.6) is 0 Å². The minimum atomic E-state index is -0.501. The van der Waals surface area contributed by atoms with Crippen molar-refractivity contribution in [2.24, 2.45) is 16.6 Å². The number of rotatable bonds is 9. The summed E-state index contributed by atoms with van der Waals surface area (Å²) in [6, 6.07) is 10.2. The maximum Gasteiger partial charge on any atom is 0.188 e. The molecular weight excluding hydrogens is 274 g/mol. The SMILES string of the molecule is CC(C)CCCC(C)NC(N)=NCC(O)Cc1ccccc1. The van der Waals surface area contributed by atoms with Crippen LogP contribution >= 0.6 is 0 Å². The summed E-state index contributed by atoms with van der Waals surface area (Å²) in [7, 11) is 0. The summed E-state index contributed by atoms with van der Waals surface area (Å²) in [6.07, 6.45) is 3.61. The number of nitrogens with zero attached hydrogens (tertiary/aromatic N) is 1. The molecule has 0 spiro atoms. The van der Waals surface area contributed by atoms with Gasteiger partial charge in [0.25, 0.3) is 0 Å². The Bertz CT molecular complexity index is 431. The van der Waals surface area contributed by atoms with Crippen LogP contribution in [-0.4, -0.2) is 29.8 Å². The summed E-state index contributed by atoms with van der Waals surface area (Å²) >= 11 is 0. The lowest BCUT2D eigenvalue weighted by Gasteiger charge is -2.15. The average Bonchev–Trinajstić information content (AvgIpc) is 2.46. The number of hydrogen-bond acceptors (Lipinski definition) is 2. The third-order valence-electron chi connectivity index (χ3n) is 3.60. The molecule has 0 saturated carbocycles. The highest BCUT2D eigenvalue weighted by Crippen LogP contribution is 2.08. The van der Waals surface area contributed by atoms with E-state index in [0.29, 0.717) is 25.0 Å². The van der Waals surface area contributed by atoms with Gasteiger partial charge in [0.2, 0.25) is 0 Å². The molecule has 1 aromatic carbocycles. The Balaban J connectivity index is 2.26. The summed E-state index contributed by atoms with van der Waals surface area (Å²) in [6.45, 7) is 6.92. The lowest BCUT2D eigenvalue weighted by molar-refractivity contribution is 0.184. The monoisotopic (exact) mass is 305 g/mol. The molecule has 0 amide bonds. The number of nitrogens with two attached hydrogens (primary N) is 1. The zero-order valence-electron chi connectivity index (χ0n) is 14.1. The number of hydrogen-bond donors (Lipinski definition) is 3. The highest BCUT2D eigenvalue weighted by atomic mass is 16.3. The molecule has 0 radical (unpaired) electrons. The predicted molar refractivity (Wildman–Crippen MR) is 93.9 cm³/mol. The molecule has 22 heavy (non-hydrogen) atoms. The summed E-state index contributed by atoms with van der Waals surface area (Å²) in [4.78, 5) is 4.24. The topological polar surface area (TPSA) is 70.6 Å². The van der Waals surface area contributed by atoms with Crippen molar-refractivity contribution in [3.05, 3.63) is 35.9 Å². The van der Waals surface area contributed by atoms with Crippen LogP contribution in [0.25, 0.3) is 0 Å². The van der Waals surface area contributed by atoms with Crippen molar-refractivity contribution >= 4 is 5.96 Å². The van der Waals surface area contributed by atoms with Crippen molar-refractivity contribution in [2.75, 3.05) is 6.54 Å². The van der Waals surface area contributed by atoms with Gasteiger partial charge in [0.05, 0.1) is 12.6 Å². The second-order valence-corrected chi connectivity index (χ2v) is 6.44. The number of aliphatic imine (C=N–C) groups is 1. The smallest absolute Gasteiger partial charge is 0.188 e. The van der Waals surface area contributed by atoms with E-state index in [2.05, 4.69) is 31.1 Å². The van der Waals surface area contributed by atoms with Gasteiger partial charge >= 0.3 is 0 Å². The maximum absolute atomic E-state index is 10.00. The Morgan fingerprint density at radius 2 is 1.86 bits per heavy atom. The zero-order chi connectivity index (χ0) is 16.4. The Hall–Kier alpha value is -1.55. The van der Waals surface area contributed by atoms with Gasteiger partial charge in [0.1, 0.15) is 0 Å². The first-order valence-electron chi connectivity index (χ1n) is 8.25. The van der Waals surface area contributed by atoms with E-state index < -0.39 is 6.10 Å². The molecular formula is C18H31N3O. The molecule has 0 aromatic heterocycles. The molecule has 0 saturated heterocycles. The van der Waals surface area contributed by atoms with E-state index in [-0.39, 0.29) is 0 Å². The maximum atomic E-state index is 10.00. The van der Waals surface area contributed by atoms with Crippen LogP contribution in [0.1, 0.15) is 45.6 Å². The summed E-state index contributed by atoms with van der Waals surface area (Å²) in [5.41, 5.74) is 6.99. The van der Waals surface area contributed by atoms with Crippen LogP contribution in [0.4, 0.5) is 0 Å². The summed E-state index contributed by atoms with van der Waals surface area (Å²) in [5, 5.41) is 13.2. The highest BCUT2D eigenvalue weighted by molar-refractivity contribution is 5.78. The molecule has 0 fully saturated rings. The van der Waals surface area contributed by atoms with Gasteiger partial charge in [-0.1, -0.05) is 57.0 Å². The fourth-order valence-corrected chi connectivity index (χ4v) is 2.36. The van der Waals surface area contributed by atoms with Gasteiger partial charge < -0.3 is 16.2 Å². The third kappa shape index (κ3) is 8.67. The molecule has 0 bridgehead atoms. The molecule has 4 nitrogen and oxygen atoms in total. The number of aliphatic hydroxyl groups is 1. The van der Waals surface area contributed by atoms with Crippen LogP contribution in [0.3, 0.4) is 0 Å². The predicted octanol–water partition coefficient (Wildman–Crippen LogP) is 2.71. The molecule has 0 aliphatic carbocycles. The normalized spacial score (nSPS) is 14.9. The Kier molecular flexibility index (Phi) is 8.60. The first kappa shape index (κ1) is 18.5. The van der Waals surface area contributed by atoms with E-state index >= 15 is 0 Å². The molecule has 124 valence electrons. The molecule has 4 N–H and O–H groups in total. The van der Waals surface area contributed by atoms with Crippen molar-refractivity contribution < 1.29 is 5.11 Å². The van der Waals surface area contributed by atoms with E-state index in [1.807, 2.05) is 30.3 Å². The fourth-order valence-electron chi connectivity index (χ4n) is 2.36. The average molecular weight is 305 g/mol. The molecule has 0 aliphatic heterocycles. The standard InChI is InChI=1S/C18H31N3O/c1-14(2)8-7-9-15(3)21-18(19)20-13-17(22)12-16-10-5-4-6-11-16/h4-6,10-11,14-15,17,22H,7-9,12-13H2,1-3H3,(H3,19,20,21). The van der Waals surface area contributed by atoms with E-state index in [4.69, 9.17) is 5.73 Å². The van der Waals surface area contributed by atoms with Gasteiger partial charge in [0, 0.05) is 12.5 Å². The number of benzene rings is 1. The number of nitrogens with one attached hydrogen (secondary N) is 1. The molecule has 1 aromatic rings. The zero-order valence-corrected chi connectivity index (χ0v) is 14.1. The van der Waals surface area contributed by atoms with Gasteiger partial charge in [-0.25, -0.2) is 0 Å². The van der Waals surface area contributed by atoms with Crippen LogP contribution in [0.2, 0.25) is 0 Å². The van der Waals surface area contributed by atoms with Crippen molar-refractivity contribution in [1.29, 1.82) is 0 Å². The van der Waals surface area contributed by atoms with E-state index in [1.165, 1.54) is 12.8 Å². The van der Waals surface area contributed by atoms with Crippen molar-refractivity contribution in [3.63, 3.8) is 0 Å². The van der Waals surface area contributed by atoms with E-state index in [9.17, 15) is 5.11 Å². The fraction of sp³-hybridized carbons (Fsp3) is 0.611. The first-order chi connectivity index (χ1) is 10.5. The van der Waals surface area contributed by atoms with Gasteiger partial charge in [-0.2, -0.15) is 0 Å². The van der Waals surface area contributed by atoms with Crippen LogP contribution < -0.4 is 11.1 Å². The van der Waals surface area contributed by atoms with Gasteiger partial charge in [-0.05, 0) is 24.8 Å². The molecule has 2 atom stereocenters. The summed E-state index contributed by atoms with van der Waals surface area (Å²) < 4.78 is 0. The van der Waals surface area contributed by atoms with E-state index in [1.54, 1.807) is 0 Å². The molecule has 0 heterocycles. The minimum absolute atomic E-state index is 0.314. The van der Waals surface area contributed by atoms with Crippen molar-refractivity contribution in [2.45, 2.75) is 58.6 Å². The molecule has 4 heteroatoms. The second kappa shape index (κ2) is 10.2.